The summed E-state index contributed by atoms with van der Waals surface area (Å²) >= 11 is 5.95. The zero-order chi connectivity index (χ0) is 24.7. The predicted molar refractivity (Wildman–Crippen MR) is 142 cm³/mol. The Morgan fingerprint density at radius 2 is 1.38 bits per heavy atom. The van der Waals surface area contributed by atoms with Crippen LogP contribution in [0, 0.1) is 11.3 Å². The molecule has 0 spiro atoms. The van der Waals surface area contributed by atoms with Gasteiger partial charge in [-0.2, -0.15) is 5.26 Å². The quantitative estimate of drug-likeness (QED) is 0.155. The summed E-state index contributed by atoms with van der Waals surface area (Å²) in [5, 5.41) is 19.0. The van der Waals surface area contributed by atoms with Crippen molar-refractivity contribution in [1.82, 2.24) is 0 Å². The van der Waals surface area contributed by atoms with E-state index < -0.39 is 0 Å². The van der Waals surface area contributed by atoms with Crippen LogP contribution in [0.4, 0.5) is 0 Å². The molecular weight excluding hydrogens is 446 g/mol. The summed E-state index contributed by atoms with van der Waals surface area (Å²) in [4.78, 5) is 0. The largest absolute Gasteiger partial charge is 0.394 e. The van der Waals surface area contributed by atoms with Crippen LogP contribution in [0.3, 0.4) is 0 Å². The molecule has 0 saturated heterocycles. The van der Waals surface area contributed by atoms with Crippen molar-refractivity contribution in [2.75, 3.05) is 19.8 Å². The molecule has 0 heterocycles. The number of hydrogen-bond acceptors (Lipinski definition) is 4. The van der Waals surface area contributed by atoms with Crippen molar-refractivity contribution in [3.63, 3.8) is 0 Å². The normalized spacial score (nSPS) is 12.1. The third kappa shape index (κ3) is 16.5. The first kappa shape index (κ1) is 30.9. The first-order valence-electron chi connectivity index (χ1n) is 13.7. The Kier molecular flexibility index (Phi) is 20.3. The highest BCUT2D eigenvalue weighted by molar-refractivity contribution is 6.31. The number of aliphatic hydroxyl groups excluding tert-OH is 1. The molecule has 0 unspecified atom stereocenters. The lowest BCUT2D eigenvalue weighted by molar-refractivity contribution is -0.0502. The number of unbranched alkanes of at least 4 members (excludes halogenated alkanes) is 15. The van der Waals surface area contributed by atoms with Gasteiger partial charge >= 0.3 is 0 Å². The van der Waals surface area contributed by atoms with Crippen molar-refractivity contribution in [2.45, 2.75) is 122 Å². The molecular formula is C29H48ClNO3. The molecule has 1 aromatic rings. The van der Waals surface area contributed by atoms with Gasteiger partial charge < -0.3 is 14.6 Å². The van der Waals surface area contributed by atoms with Crippen LogP contribution in [-0.2, 0) is 16.1 Å². The zero-order valence-corrected chi connectivity index (χ0v) is 22.3. The fraction of sp³-hybridized carbons (Fsp3) is 0.759. The Morgan fingerprint density at radius 1 is 0.853 bits per heavy atom. The number of hydrogen-bond donors (Lipinski definition) is 1. The second-order valence-electron chi connectivity index (χ2n) is 9.42. The molecule has 0 radical (unpaired) electrons. The van der Waals surface area contributed by atoms with Crippen LogP contribution in [0.25, 0.3) is 0 Å². The second-order valence-corrected chi connectivity index (χ2v) is 9.83. The molecule has 194 valence electrons. The van der Waals surface area contributed by atoms with Crippen LogP contribution in [0.15, 0.2) is 18.2 Å². The SMILES string of the molecule is CCCCCCCCCCCCCCCCCCOC[C@H](CO)OCc1ccc(Cl)c(C#N)c1. The average molecular weight is 494 g/mol. The zero-order valence-electron chi connectivity index (χ0n) is 21.5. The van der Waals surface area contributed by atoms with Gasteiger partial charge in [-0.1, -0.05) is 121 Å². The van der Waals surface area contributed by atoms with Crippen LogP contribution in [0.2, 0.25) is 5.02 Å². The highest BCUT2D eigenvalue weighted by Gasteiger charge is 2.09. The maximum absolute atomic E-state index is 9.51. The topological polar surface area (TPSA) is 62.5 Å². The summed E-state index contributed by atoms with van der Waals surface area (Å²) in [6, 6.07) is 7.30. The van der Waals surface area contributed by atoms with E-state index in [4.69, 9.17) is 26.3 Å². The number of ether oxygens (including phenoxy) is 2. The van der Waals surface area contributed by atoms with Gasteiger partial charge in [-0.25, -0.2) is 0 Å². The lowest BCUT2D eigenvalue weighted by atomic mass is 10.0. The molecule has 1 rings (SSSR count). The molecule has 0 aliphatic heterocycles. The van der Waals surface area contributed by atoms with Gasteiger partial charge in [-0.05, 0) is 24.1 Å². The van der Waals surface area contributed by atoms with E-state index in [0.29, 0.717) is 30.4 Å². The predicted octanol–water partition coefficient (Wildman–Crippen LogP) is 8.37. The van der Waals surface area contributed by atoms with E-state index in [1.165, 1.54) is 96.3 Å². The number of nitriles is 1. The fourth-order valence-electron chi connectivity index (χ4n) is 4.08. The second kappa shape index (κ2) is 22.4. The van der Waals surface area contributed by atoms with Gasteiger partial charge in [-0.15, -0.1) is 0 Å². The summed E-state index contributed by atoms with van der Waals surface area (Å²) in [6.07, 6.45) is 21.4. The lowest BCUT2D eigenvalue weighted by Gasteiger charge is -2.16. The number of benzene rings is 1. The van der Waals surface area contributed by atoms with E-state index in [1.807, 2.05) is 6.07 Å². The van der Waals surface area contributed by atoms with Crippen LogP contribution in [0.5, 0.6) is 0 Å². The molecule has 0 aromatic heterocycles. The molecule has 0 amide bonds. The molecule has 1 N–H and O–H groups in total. The average Bonchev–Trinajstić information content (AvgIpc) is 2.85. The molecule has 34 heavy (non-hydrogen) atoms. The first-order chi connectivity index (χ1) is 16.7. The third-order valence-electron chi connectivity index (χ3n) is 6.29. The van der Waals surface area contributed by atoms with Gasteiger partial charge in [0.05, 0.1) is 30.4 Å². The number of halogens is 1. The molecule has 0 saturated carbocycles. The maximum Gasteiger partial charge on any atom is 0.104 e. The van der Waals surface area contributed by atoms with E-state index in [0.717, 1.165) is 12.0 Å². The summed E-state index contributed by atoms with van der Waals surface area (Å²) in [7, 11) is 0. The molecule has 1 atom stereocenters. The first-order valence-corrected chi connectivity index (χ1v) is 14.1. The van der Waals surface area contributed by atoms with Crippen LogP contribution >= 0.6 is 11.6 Å². The van der Waals surface area contributed by atoms with E-state index in [2.05, 4.69) is 13.0 Å². The molecule has 0 aliphatic rings. The molecule has 5 heteroatoms. The summed E-state index contributed by atoms with van der Waals surface area (Å²) in [6.45, 7) is 3.60. The van der Waals surface area contributed by atoms with Gasteiger partial charge in [0, 0.05) is 6.61 Å². The van der Waals surface area contributed by atoms with Gasteiger partial charge in [0.25, 0.3) is 0 Å². The Hall–Kier alpha value is -1.12. The van der Waals surface area contributed by atoms with Crippen LogP contribution in [-0.4, -0.2) is 31.0 Å². The number of nitrogens with zero attached hydrogens (tertiary/aromatic N) is 1. The van der Waals surface area contributed by atoms with Crippen molar-refractivity contribution in [1.29, 1.82) is 5.26 Å². The van der Waals surface area contributed by atoms with E-state index in [9.17, 15) is 5.11 Å². The summed E-state index contributed by atoms with van der Waals surface area (Å²) in [5.74, 6) is 0. The van der Waals surface area contributed by atoms with Gasteiger partial charge in [0.15, 0.2) is 0 Å². The molecule has 0 bridgehead atoms. The highest BCUT2D eigenvalue weighted by Crippen LogP contribution is 2.18. The fourth-order valence-corrected chi connectivity index (χ4v) is 4.24. The Bertz CT molecular complexity index is 647. The minimum Gasteiger partial charge on any atom is -0.394 e. The number of rotatable bonds is 23. The summed E-state index contributed by atoms with van der Waals surface area (Å²) < 4.78 is 11.4. The Morgan fingerprint density at radius 3 is 1.88 bits per heavy atom. The van der Waals surface area contributed by atoms with Crippen molar-refractivity contribution < 1.29 is 14.6 Å². The van der Waals surface area contributed by atoms with Crippen molar-refractivity contribution in [2.24, 2.45) is 0 Å². The van der Waals surface area contributed by atoms with Crippen LogP contribution < -0.4 is 0 Å². The molecule has 1 aromatic carbocycles. The summed E-state index contributed by atoms with van der Waals surface area (Å²) in [5.41, 5.74) is 1.29. The van der Waals surface area contributed by atoms with Crippen molar-refractivity contribution >= 4 is 11.6 Å². The minimum atomic E-state index is -0.359. The third-order valence-corrected chi connectivity index (χ3v) is 6.62. The minimum absolute atomic E-state index is 0.0857. The van der Waals surface area contributed by atoms with Gasteiger partial charge in [0.1, 0.15) is 12.2 Å². The Labute approximate surface area is 214 Å². The monoisotopic (exact) mass is 493 g/mol. The van der Waals surface area contributed by atoms with E-state index in [-0.39, 0.29) is 12.7 Å². The van der Waals surface area contributed by atoms with Crippen molar-refractivity contribution in [3.05, 3.63) is 34.3 Å². The smallest absolute Gasteiger partial charge is 0.104 e. The standard InChI is InChI=1S/C29H48ClNO3/c1-2-3-4-5-6-7-8-9-10-11-12-13-14-15-16-17-20-33-25-28(23-32)34-24-26-18-19-29(30)27(21-26)22-31/h18-19,21,28,32H,2-17,20,23-25H2,1H3/t28-/m0/s1. The van der Waals surface area contributed by atoms with E-state index in [1.54, 1.807) is 12.1 Å². The highest BCUT2D eigenvalue weighted by atomic mass is 35.5. The van der Waals surface area contributed by atoms with Gasteiger partial charge in [-0.3, -0.25) is 0 Å². The Balaban J connectivity index is 1.88. The molecule has 0 fully saturated rings. The lowest BCUT2D eigenvalue weighted by Crippen LogP contribution is -2.24. The van der Waals surface area contributed by atoms with Crippen LogP contribution in [0.1, 0.15) is 121 Å². The molecule has 4 nitrogen and oxygen atoms in total. The van der Waals surface area contributed by atoms with Crippen molar-refractivity contribution in [3.8, 4) is 6.07 Å². The van der Waals surface area contributed by atoms with E-state index >= 15 is 0 Å². The van der Waals surface area contributed by atoms with Gasteiger partial charge in [0.2, 0.25) is 0 Å². The molecule has 0 aliphatic carbocycles. The maximum atomic E-state index is 9.51. The number of aliphatic hydroxyl groups is 1.